The third-order valence-electron chi connectivity index (χ3n) is 2.50. The summed E-state index contributed by atoms with van der Waals surface area (Å²) in [5, 5.41) is 3.20. The molecule has 0 heterocycles. The Bertz CT molecular complexity index is 154. The Kier molecular flexibility index (Phi) is 3.73. The highest BCUT2D eigenvalue weighted by Gasteiger charge is 2.13. The Morgan fingerprint density at radius 1 is 1.58 bits per heavy atom. The number of alkyl halides is 1. The molecule has 0 spiro atoms. The summed E-state index contributed by atoms with van der Waals surface area (Å²) in [6.45, 7) is 4.41. The van der Waals surface area contributed by atoms with Crippen LogP contribution in [0.2, 0.25) is 0 Å². The van der Waals surface area contributed by atoms with Gasteiger partial charge in [-0.05, 0) is 32.6 Å². The maximum atomic E-state index is 12.7. The highest BCUT2D eigenvalue weighted by molar-refractivity contribution is 4.97. The van der Waals surface area contributed by atoms with Gasteiger partial charge in [-0.3, -0.25) is 0 Å². The second-order valence-electron chi connectivity index (χ2n) is 3.64. The number of hydrogen-bond acceptors (Lipinski definition) is 1. The molecule has 70 valence electrons. The van der Waals surface area contributed by atoms with E-state index in [1.165, 1.54) is 12.8 Å². The standard InChI is InChI=1S/C10H18FN/c1-8(11)9(2)12-7-10-5-3-4-6-10/h3,5,8-10,12H,4,6-7H2,1-2H3. The average Bonchev–Trinajstić information content (AvgIpc) is 2.51. The van der Waals surface area contributed by atoms with E-state index >= 15 is 0 Å². The van der Waals surface area contributed by atoms with Gasteiger partial charge in [0.05, 0.1) is 0 Å². The summed E-state index contributed by atoms with van der Waals surface area (Å²) in [6, 6.07) is -0.0148. The van der Waals surface area contributed by atoms with E-state index in [-0.39, 0.29) is 6.04 Å². The van der Waals surface area contributed by atoms with Crippen molar-refractivity contribution in [3.05, 3.63) is 12.2 Å². The van der Waals surface area contributed by atoms with E-state index in [2.05, 4.69) is 17.5 Å². The van der Waals surface area contributed by atoms with Crippen LogP contribution in [0.4, 0.5) is 4.39 Å². The molecule has 0 amide bonds. The van der Waals surface area contributed by atoms with Crippen molar-refractivity contribution in [2.24, 2.45) is 5.92 Å². The van der Waals surface area contributed by atoms with Crippen molar-refractivity contribution in [1.82, 2.24) is 5.32 Å². The van der Waals surface area contributed by atoms with Crippen LogP contribution >= 0.6 is 0 Å². The largest absolute Gasteiger partial charge is 0.311 e. The number of rotatable bonds is 4. The van der Waals surface area contributed by atoms with Crippen molar-refractivity contribution in [2.45, 2.75) is 38.9 Å². The molecule has 1 nitrogen and oxygen atoms in total. The van der Waals surface area contributed by atoms with Crippen LogP contribution in [-0.2, 0) is 0 Å². The lowest BCUT2D eigenvalue weighted by molar-refractivity contribution is 0.277. The van der Waals surface area contributed by atoms with Crippen molar-refractivity contribution in [1.29, 1.82) is 0 Å². The zero-order chi connectivity index (χ0) is 8.97. The van der Waals surface area contributed by atoms with Gasteiger partial charge in [-0.25, -0.2) is 4.39 Å². The van der Waals surface area contributed by atoms with Crippen molar-refractivity contribution in [2.75, 3.05) is 6.54 Å². The van der Waals surface area contributed by atoms with Crippen molar-refractivity contribution in [3.8, 4) is 0 Å². The van der Waals surface area contributed by atoms with Gasteiger partial charge in [-0.2, -0.15) is 0 Å². The molecule has 2 heteroatoms. The number of halogens is 1. The minimum Gasteiger partial charge on any atom is -0.311 e. The van der Waals surface area contributed by atoms with E-state index < -0.39 is 6.17 Å². The SMILES string of the molecule is CC(F)C(C)NCC1C=CCC1. The molecule has 1 aliphatic carbocycles. The predicted molar refractivity (Wildman–Crippen MR) is 49.9 cm³/mol. The molecule has 0 aromatic rings. The predicted octanol–water partition coefficient (Wildman–Crippen LogP) is 2.29. The Morgan fingerprint density at radius 2 is 2.33 bits per heavy atom. The third kappa shape index (κ3) is 2.94. The van der Waals surface area contributed by atoms with Crippen molar-refractivity contribution < 1.29 is 4.39 Å². The summed E-state index contributed by atoms with van der Waals surface area (Å²) in [7, 11) is 0. The first-order valence-corrected chi connectivity index (χ1v) is 4.74. The van der Waals surface area contributed by atoms with Crippen LogP contribution in [-0.4, -0.2) is 18.8 Å². The monoisotopic (exact) mass is 171 g/mol. The molecule has 0 fully saturated rings. The first kappa shape index (κ1) is 9.72. The first-order chi connectivity index (χ1) is 5.70. The molecule has 0 aromatic carbocycles. The lowest BCUT2D eigenvalue weighted by Gasteiger charge is -2.17. The van der Waals surface area contributed by atoms with E-state index in [9.17, 15) is 4.39 Å². The molecule has 0 saturated carbocycles. The van der Waals surface area contributed by atoms with Crippen molar-refractivity contribution in [3.63, 3.8) is 0 Å². The molecule has 3 atom stereocenters. The Hall–Kier alpha value is -0.370. The summed E-state index contributed by atoms with van der Waals surface area (Å²) < 4.78 is 12.7. The van der Waals surface area contributed by atoms with Gasteiger partial charge in [0.1, 0.15) is 6.17 Å². The molecule has 12 heavy (non-hydrogen) atoms. The highest BCUT2D eigenvalue weighted by atomic mass is 19.1. The molecular formula is C10H18FN. The smallest absolute Gasteiger partial charge is 0.112 e. The van der Waals surface area contributed by atoms with Crippen LogP contribution in [0.1, 0.15) is 26.7 Å². The fourth-order valence-corrected chi connectivity index (χ4v) is 1.36. The fraction of sp³-hybridized carbons (Fsp3) is 0.800. The Balaban J connectivity index is 2.12. The molecule has 0 radical (unpaired) electrons. The third-order valence-corrected chi connectivity index (χ3v) is 2.50. The number of nitrogens with one attached hydrogen (secondary N) is 1. The zero-order valence-corrected chi connectivity index (χ0v) is 7.89. The quantitative estimate of drug-likeness (QED) is 0.640. The fourth-order valence-electron chi connectivity index (χ4n) is 1.36. The first-order valence-electron chi connectivity index (χ1n) is 4.74. The minimum atomic E-state index is -0.754. The lowest BCUT2D eigenvalue weighted by atomic mass is 10.1. The summed E-state index contributed by atoms with van der Waals surface area (Å²) in [6.07, 6.45) is 6.08. The molecule has 0 bridgehead atoms. The minimum absolute atomic E-state index is 0.0148. The van der Waals surface area contributed by atoms with E-state index in [0.29, 0.717) is 5.92 Å². The molecule has 0 saturated heterocycles. The van der Waals surface area contributed by atoms with Gasteiger partial charge in [0.2, 0.25) is 0 Å². The molecule has 1 N–H and O–H groups in total. The van der Waals surface area contributed by atoms with Crippen LogP contribution < -0.4 is 5.32 Å². The summed E-state index contributed by atoms with van der Waals surface area (Å²) in [5.74, 6) is 0.631. The van der Waals surface area contributed by atoms with E-state index in [1.54, 1.807) is 6.92 Å². The van der Waals surface area contributed by atoms with Gasteiger partial charge in [0, 0.05) is 12.6 Å². The zero-order valence-electron chi connectivity index (χ0n) is 7.89. The molecular weight excluding hydrogens is 153 g/mol. The maximum Gasteiger partial charge on any atom is 0.112 e. The van der Waals surface area contributed by atoms with Gasteiger partial charge in [-0.15, -0.1) is 0 Å². The van der Waals surface area contributed by atoms with Crippen LogP contribution in [0.25, 0.3) is 0 Å². The lowest BCUT2D eigenvalue weighted by Crippen LogP contribution is -2.36. The maximum absolute atomic E-state index is 12.7. The molecule has 1 aliphatic rings. The molecule has 0 aromatic heterocycles. The Morgan fingerprint density at radius 3 is 2.83 bits per heavy atom. The van der Waals surface area contributed by atoms with Gasteiger partial charge in [-0.1, -0.05) is 12.2 Å². The number of allylic oxidation sites excluding steroid dienone is 1. The van der Waals surface area contributed by atoms with Gasteiger partial charge in [0.25, 0.3) is 0 Å². The Labute approximate surface area is 74.0 Å². The number of hydrogen-bond donors (Lipinski definition) is 1. The molecule has 1 rings (SSSR count). The van der Waals surface area contributed by atoms with Gasteiger partial charge in [0.15, 0.2) is 0 Å². The van der Waals surface area contributed by atoms with Gasteiger partial charge < -0.3 is 5.32 Å². The van der Waals surface area contributed by atoms with Crippen LogP contribution in [0.15, 0.2) is 12.2 Å². The molecule has 0 aliphatic heterocycles. The topological polar surface area (TPSA) is 12.0 Å². The summed E-state index contributed by atoms with van der Waals surface area (Å²) in [4.78, 5) is 0. The van der Waals surface area contributed by atoms with Crippen LogP contribution in [0.3, 0.4) is 0 Å². The molecule has 3 unspecified atom stereocenters. The van der Waals surface area contributed by atoms with Crippen LogP contribution in [0.5, 0.6) is 0 Å². The summed E-state index contributed by atoms with van der Waals surface area (Å²) in [5.41, 5.74) is 0. The second kappa shape index (κ2) is 4.61. The summed E-state index contributed by atoms with van der Waals surface area (Å²) >= 11 is 0. The van der Waals surface area contributed by atoms with E-state index in [4.69, 9.17) is 0 Å². The van der Waals surface area contributed by atoms with E-state index in [0.717, 1.165) is 6.54 Å². The van der Waals surface area contributed by atoms with Crippen molar-refractivity contribution >= 4 is 0 Å². The van der Waals surface area contributed by atoms with Gasteiger partial charge >= 0.3 is 0 Å². The van der Waals surface area contributed by atoms with Crippen LogP contribution in [0, 0.1) is 5.92 Å². The average molecular weight is 171 g/mol. The van der Waals surface area contributed by atoms with E-state index in [1.807, 2.05) is 6.92 Å². The highest BCUT2D eigenvalue weighted by Crippen LogP contribution is 2.15. The second-order valence-corrected chi connectivity index (χ2v) is 3.64. The normalized spacial score (nSPS) is 27.4.